The molecule has 0 atom stereocenters. The maximum atomic E-state index is 13.1. The van der Waals surface area contributed by atoms with E-state index in [0.29, 0.717) is 24.4 Å². The van der Waals surface area contributed by atoms with E-state index in [-0.39, 0.29) is 17.4 Å². The molecule has 0 saturated carbocycles. The predicted molar refractivity (Wildman–Crippen MR) is 120 cm³/mol. The quantitative estimate of drug-likeness (QED) is 0.370. The Morgan fingerprint density at radius 2 is 1.78 bits per heavy atom. The first-order chi connectivity index (χ1) is 15.5. The molecule has 0 bridgehead atoms. The number of para-hydroxylation sites is 1. The molecule has 0 unspecified atom stereocenters. The number of hydrogen-bond acceptors (Lipinski definition) is 5. The second-order valence-corrected chi connectivity index (χ2v) is 7.74. The van der Waals surface area contributed by atoms with E-state index >= 15 is 0 Å². The zero-order valence-corrected chi connectivity index (χ0v) is 18.5. The number of alkyl halides is 2. The number of carbonyl (C=O) groups is 1. The fraction of sp³-hybridized carbons (Fsp3) is 0.208. The Labute approximate surface area is 189 Å². The van der Waals surface area contributed by atoms with Gasteiger partial charge >= 0.3 is 6.61 Å². The van der Waals surface area contributed by atoms with Gasteiger partial charge in [-0.1, -0.05) is 30.3 Å². The molecule has 0 aliphatic carbocycles. The summed E-state index contributed by atoms with van der Waals surface area (Å²) in [5, 5.41) is 1.96. The van der Waals surface area contributed by atoms with Crippen molar-refractivity contribution < 1.29 is 27.8 Å². The molecule has 0 saturated heterocycles. The Hall–Kier alpha value is -3.39. The summed E-state index contributed by atoms with van der Waals surface area (Å²) in [7, 11) is 2.96. The first kappa shape index (κ1) is 23.3. The lowest BCUT2D eigenvalue weighted by Gasteiger charge is -2.22. The number of hydrogen-bond donors (Lipinski definition) is 0. The smallest absolute Gasteiger partial charge is 0.387 e. The number of amides is 1. The predicted octanol–water partition coefficient (Wildman–Crippen LogP) is 5.61. The van der Waals surface area contributed by atoms with Gasteiger partial charge < -0.3 is 19.1 Å². The third kappa shape index (κ3) is 6.31. The lowest BCUT2D eigenvalue weighted by Crippen LogP contribution is -2.28. The molecule has 2 aromatic carbocycles. The van der Waals surface area contributed by atoms with Crippen molar-refractivity contribution >= 4 is 23.3 Å². The Balaban J connectivity index is 1.80. The summed E-state index contributed by atoms with van der Waals surface area (Å²) in [5.74, 6) is 0.599. The lowest BCUT2D eigenvalue weighted by molar-refractivity contribution is -0.127. The second kappa shape index (κ2) is 11.3. The van der Waals surface area contributed by atoms with Crippen molar-refractivity contribution in [3.63, 3.8) is 0 Å². The molecule has 0 aliphatic rings. The summed E-state index contributed by atoms with van der Waals surface area (Å²) in [5.41, 5.74) is 1.51. The van der Waals surface area contributed by atoms with Crippen molar-refractivity contribution in [3.05, 3.63) is 82.1 Å². The molecule has 168 valence electrons. The fourth-order valence-corrected chi connectivity index (χ4v) is 3.82. The summed E-state index contributed by atoms with van der Waals surface area (Å²) >= 11 is 1.57. The highest BCUT2D eigenvalue weighted by Crippen LogP contribution is 2.30. The highest BCUT2D eigenvalue weighted by Gasteiger charge is 2.16. The van der Waals surface area contributed by atoms with Crippen molar-refractivity contribution in [3.8, 4) is 17.2 Å². The minimum absolute atomic E-state index is 0.0681. The first-order valence-electron chi connectivity index (χ1n) is 9.74. The summed E-state index contributed by atoms with van der Waals surface area (Å²) in [6.07, 6.45) is 3.06. The van der Waals surface area contributed by atoms with Crippen LogP contribution < -0.4 is 14.2 Å². The monoisotopic (exact) mass is 459 g/mol. The molecule has 1 aromatic heterocycles. The number of carbonyl (C=O) groups excluding carboxylic acids is 1. The molecule has 0 radical (unpaired) electrons. The highest BCUT2D eigenvalue weighted by atomic mass is 32.1. The van der Waals surface area contributed by atoms with Crippen LogP contribution in [0.2, 0.25) is 0 Å². The van der Waals surface area contributed by atoms with Crippen LogP contribution in [-0.2, 0) is 17.9 Å². The number of thiophene rings is 1. The van der Waals surface area contributed by atoms with E-state index in [2.05, 4.69) is 4.74 Å². The number of rotatable bonds is 10. The third-order valence-electron chi connectivity index (χ3n) is 4.61. The number of benzene rings is 2. The van der Waals surface area contributed by atoms with Gasteiger partial charge in [-0.3, -0.25) is 4.79 Å². The van der Waals surface area contributed by atoms with Gasteiger partial charge in [0.2, 0.25) is 5.91 Å². The van der Waals surface area contributed by atoms with Crippen molar-refractivity contribution in [2.45, 2.75) is 19.7 Å². The summed E-state index contributed by atoms with van der Waals surface area (Å²) in [4.78, 5) is 15.8. The second-order valence-electron chi connectivity index (χ2n) is 6.71. The molecule has 0 fully saturated rings. The lowest BCUT2D eigenvalue weighted by atomic mass is 10.1. The van der Waals surface area contributed by atoms with Gasteiger partial charge in [-0.15, -0.1) is 11.3 Å². The highest BCUT2D eigenvalue weighted by molar-refractivity contribution is 7.09. The number of halogens is 2. The molecular weight excluding hydrogens is 436 g/mol. The Morgan fingerprint density at radius 3 is 2.47 bits per heavy atom. The van der Waals surface area contributed by atoms with Gasteiger partial charge in [0.25, 0.3) is 0 Å². The minimum Gasteiger partial charge on any atom is -0.496 e. The Kier molecular flexibility index (Phi) is 8.21. The van der Waals surface area contributed by atoms with Gasteiger partial charge in [0.15, 0.2) is 11.5 Å². The average Bonchev–Trinajstić information content (AvgIpc) is 3.31. The normalized spacial score (nSPS) is 11.0. The van der Waals surface area contributed by atoms with E-state index in [4.69, 9.17) is 9.47 Å². The van der Waals surface area contributed by atoms with E-state index in [1.54, 1.807) is 35.5 Å². The molecule has 3 rings (SSSR count). The van der Waals surface area contributed by atoms with Crippen LogP contribution >= 0.6 is 11.3 Å². The van der Waals surface area contributed by atoms with E-state index in [0.717, 1.165) is 10.4 Å². The minimum atomic E-state index is -2.95. The molecule has 5 nitrogen and oxygen atoms in total. The van der Waals surface area contributed by atoms with Gasteiger partial charge in [0.05, 0.1) is 20.8 Å². The van der Waals surface area contributed by atoms with E-state index in [1.807, 2.05) is 41.8 Å². The van der Waals surface area contributed by atoms with Gasteiger partial charge in [-0.05, 0) is 41.3 Å². The zero-order chi connectivity index (χ0) is 22.9. The molecular formula is C24H23F2NO4S. The van der Waals surface area contributed by atoms with Crippen LogP contribution in [-0.4, -0.2) is 31.6 Å². The van der Waals surface area contributed by atoms with Gasteiger partial charge in [0.1, 0.15) is 5.75 Å². The SMILES string of the molecule is COc1ccccc1CN(Cc1cccs1)C(=O)/C=C/c1ccc(OC(F)F)c(OC)c1. The first-order valence-corrected chi connectivity index (χ1v) is 10.6. The molecule has 3 aromatic rings. The molecule has 32 heavy (non-hydrogen) atoms. The molecule has 0 N–H and O–H groups in total. The van der Waals surface area contributed by atoms with Crippen LogP contribution in [0.4, 0.5) is 8.78 Å². The third-order valence-corrected chi connectivity index (χ3v) is 5.48. The van der Waals surface area contributed by atoms with Crippen molar-refractivity contribution in [1.29, 1.82) is 0 Å². The van der Waals surface area contributed by atoms with Crippen LogP contribution in [0.3, 0.4) is 0 Å². The molecule has 1 amide bonds. The molecule has 1 heterocycles. The Bertz CT molecular complexity index is 1050. The molecule has 0 aliphatic heterocycles. The summed E-state index contributed by atoms with van der Waals surface area (Å²) in [6.45, 7) is -2.13. The van der Waals surface area contributed by atoms with Gasteiger partial charge in [-0.2, -0.15) is 8.78 Å². The number of methoxy groups -OCH3 is 2. The van der Waals surface area contributed by atoms with Gasteiger partial charge in [-0.25, -0.2) is 0 Å². The van der Waals surface area contributed by atoms with Crippen LogP contribution in [0.15, 0.2) is 66.1 Å². The van der Waals surface area contributed by atoms with E-state index in [9.17, 15) is 13.6 Å². The Morgan fingerprint density at radius 1 is 1.00 bits per heavy atom. The maximum Gasteiger partial charge on any atom is 0.387 e. The zero-order valence-electron chi connectivity index (χ0n) is 17.7. The largest absolute Gasteiger partial charge is 0.496 e. The van der Waals surface area contributed by atoms with Crippen molar-refractivity contribution in [2.75, 3.05) is 14.2 Å². The summed E-state index contributed by atoms with van der Waals surface area (Å²) < 4.78 is 40.0. The van der Waals surface area contributed by atoms with Crippen LogP contribution in [0, 0.1) is 0 Å². The standard InChI is InChI=1S/C24H23F2NO4S/c1-29-20-8-4-3-6-18(20)15-27(16-19-7-5-13-32-19)23(28)12-10-17-9-11-21(31-24(25)26)22(14-17)30-2/h3-14,24H,15-16H2,1-2H3/b12-10+. The topological polar surface area (TPSA) is 48.0 Å². The molecule has 0 spiro atoms. The van der Waals surface area contributed by atoms with Gasteiger partial charge in [0, 0.05) is 23.1 Å². The maximum absolute atomic E-state index is 13.1. The van der Waals surface area contributed by atoms with Crippen LogP contribution in [0.1, 0.15) is 16.0 Å². The number of ether oxygens (including phenoxy) is 3. The van der Waals surface area contributed by atoms with Crippen LogP contribution in [0.5, 0.6) is 17.2 Å². The number of nitrogens with zero attached hydrogens (tertiary/aromatic N) is 1. The van der Waals surface area contributed by atoms with E-state index in [1.165, 1.54) is 25.3 Å². The fourth-order valence-electron chi connectivity index (χ4n) is 3.10. The average molecular weight is 460 g/mol. The van der Waals surface area contributed by atoms with Crippen LogP contribution in [0.25, 0.3) is 6.08 Å². The van der Waals surface area contributed by atoms with Crippen molar-refractivity contribution in [2.24, 2.45) is 0 Å². The molecule has 8 heteroatoms. The van der Waals surface area contributed by atoms with Crippen molar-refractivity contribution in [1.82, 2.24) is 4.90 Å². The van der Waals surface area contributed by atoms with E-state index < -0.39 is 6.61 Å². The summed E-state index contributed by atoms with van der Waals surface area (Å²) in [6, 6.07) is 16.0.